The number of halogens is 1. The van der Waals surface area contributed by atoms with E-state index in [1.54, 1.807) is 12.1 Å². The predicted octanol–water partition coefficient (Wildman–Crippen LogP) is 3.29. The average molecular weight is 296 g/mol. The number of carbonyl (C=O) groups is 1. The summed E-state index contributed by atoms with van der Waals surface area (Å²) in [6.07, 6.45) is 4.35. The summed E-state index contributed by atoms with van der Waals surface area (Å²) >= 11 is 1.25. The Bertz CT molecular complexity index is 481. The largest absolute Gasteiger partial charge is 0.399 e. The minimum absolute atomic E-state index is 0.109. The topological polar surface area (TPSA) is 46.3 Å². The lowest BCUT2D eigenvalue weighted by Crippen LogP contribution is -2.44. The van der Waals surface area contributed by atoms with E-state index in [1.807, 2.05) is 4.90 Å². The first-order valence-electron chi connectivity index (χ1n) is 7.09. The zero-order valence-electron chi connectivity index (χ0n) is 11.8. The summed E-state index contributed by atoms with van der Waals surface area (Å²) in [4.78, 5) is 14.7. The van der Waals surface area contributed by atoms with Crippen LogP contribution in [0.25, 0.3) is 0 Å². The molecular formula is C15H21FN2OS. The van der Waals surface area contributed by atoms with Crippen LogP contribution in [0.15, 0.2) is 23.1 Å². The number of piperidine rings is 1. The van der Waals surface area contributed by atoms with E-state index < -0.39 is 0 Å². The molecule has 20 heavy (non-hydrogen) atoms. The summed E-state index contributed by atoms with van der Waals surface area (Å²) < 4.78 is 13.7. The van der Waals surface area contributed by atoms with Crippen LogP contribution in [-0.4, -0.2) is 29.1 Å². The van der Waals surface area contributed by atoms with E-state index in [-0.39, 0.29) is 17.5 Å². The highest BCUT2D eigenvalue weighted by atomic mass is 32.2. The standard InChI is InChI=1S/C15H21FN2OS/c1-2-12-5-3-4-8-18(12)15(19)10-20-14-7-6-11(17)9-13(14)16/h6-7,9,12H,2-5,8,10,17H2,1H3. The van der Waals surface area contributed by atoms with Gasteiger partial charge in [-0.3, -0.25) is 4.79 Å². The number of hydrogen-bond acceptors (Lipinski definition) is 3. The smallest absolute Gasteiger partial charge is 0.233 e. The molecule has 1 atom stereocenters. The first kappa shape index (κ1) is 15.2. The van der Waals surface area contributed by atoms with E-state index in [9.17, 15) is 9.18 Å². The van der Waals surface area contributed by atoms with Gasteiger partial charge >= 0.3 is 0 Å². The van der Waals surface area contributed by atoms with Crippen molar-refractivity contribution >= 4 is 23.4 Å². The number of hydrogen-bond donors (Lipinski definition) is 1. The number of nitrogen functional groups attached to an aromatic ring is 1. The van der Waals surface area contributed by atoms with E-state index in [0.29, 0.717) is 16.6 Å². The molecule has 110 valence electrons. The Morgan fingerprint density at radius 2 is 2.30 bits per heavy atom. The van der Waals surface area contributed by atoms with Gasteiger partial charge in [0.1, 0.15) is 5.82 Å². The third kappa shape index (κ3) is 3.66. The fourth-order valence-corrected chi connectivity index (χ4v) is 3.42. The lowest BCUT2D eigenvalue weighted by atomic mass is 10.0. The molecular weight excluding hydrogens is 275 g/mol. The molecule has 0 aliphatic carbocycles. The Labute approximate surface area is 123 Å². The quantitative estimate of drug-likeness (QED) is 0.685. The molecule has 1 saturated heterocycles. The van der Waals surface area contributed by atoms with Gasteiger partial charge in [-0.25, -0.2) is 4.39 Å². The van der Waals surface area contributed by atoms with E-state index in [1.165, 1.54) is 24.2 Å². The van der Waals surface area contributed by atoms with E-state index >= 15 is 0 Å². The highest BCUT2D eigenvalue weighted by Crippen LogP contribution is 2.26. The molecule has 1 fully saturated rings. The van der Waals surface area contributed by atoms with Crippen molar-refractivity contribution in [1.29, 1.82) is 0 Å². The number of nitrogens with zero attached hydrogens (tertiary/aromatic N) is 1. The van der Waals surface area contributed by atoms with Gasteiger partial charge in [0, 0.05) is 23.2 Å². The summed E-state index contributed by atoms with van der Waals surface area (Å²) in [6.45, 7) is 2.95. The van der Waals surface area contributed by atoms with Crippen LogP contribution in [-0.2, 0) is 4.79 Å². The Morgan fingerprint density at radius 3 is 3.00 bits per heavy atom. The first-order chi connectivity index (χ1) is 9.61. The lowest BCUT2D eigenvalue weighted by Gasteiger charge is -2.35. The molecule has 0 radical (unpaired) electrons. The Morgan fingerprint density at radius 1 is 1.50 bits per heavy atom. The predicted molar refractivity (Wildman–Crippen MR) is 81.2 cm³/mol. The fourth-order valence-electron chi connectivity index (χ4n) is 2.61. The van der Waals surface area contributed by atoms with Crippen LogP contribution < -0.4 is 5.73 Å². The van der Waals surface area contributed by atoms with Crippen molar-refractivity contribution in [2.75, 3.05) is 18.0 Å². The number of benzene rings is 1. The molecule has 0 spiro atoms. The minimum atomic E-state index is -0.353. The van der Waals surface area contributed by atoms with Gasteiger partial charge in [0.15, 0.2) is 0 Å². The zero-order valence-corrected chi connectivity index (χ0v) is 12.6. The van der Waals surface area contributed by atoms with Crippen LogP contribution in [0.4, 0.5) is 10.1 Å². The Kier molecular flexibility index (Phi) is 5.29. The van der Waals surface area contributed by atoms with Gasteiger partial charge in [0.25, 0.3) is 0 Å². The molecule has 1 aliphatic rings. The van der Waals surface area contributed by atoms with Gasteiger partial charge in [-0.05, 0) is 43.9 Å². The molecule has 1 aliphatic heterocycles. The zero-order chi connectivity index (χ0) is 14.5. The monoisotopic (exact) mass is 296 g/mol. The Hall–Kier alpha value is -1.23. The van der Waals surface area contributed by atoms with Crippen molar-refractivity contribution < 1.29 is 9.18 Å². The molecule has 1 unspecified atom stereocenters. The summed E-state index contributed by atoms with van der Waals surface area (Å²) in [5.41, 5.74) is 5.92. The molecule has 2 N–H and O–H groups in total. The van der Waals surface area contributed by atoms with Gasteiger partial charge < -0.3 is 10.6 Å². The Balaban J connectivity index is 1.94. The molecule has 1 heterocycles. The van der Waals surface area contributed by atoms with Crippen LogP contribution in [0.2, 0.25) is 0 Å². The van der Waals surface area contributed by atoms with Crippen LogP contribution in [0.3, 0.4) is 0 Å². The average Bonchev–Trinajstić information content (AvgIpc) is 2.46. The van der Waals surface area contributed by atoms with Crippen molar-refractivity contribution in [3.63, 3.8) is 0 Å². The van der Waals surface area contributed by atoms with Crippen LogP contribution in [0.1, 0.15) is 32.6 Å². The van der Waals surface area contributed by atoms with Gasteiger partial charge in [0.2, 0.25) is 5.91 Å². The van der Waals surface area contributed by atoms with Crippen molar-refractivity contribution in [3.8, 4) is 0 Å². The van der Waals surface area contributed by atoms with E-state index in [0.717, 1.165) is 25.8 Å². The maximum Gasteiger partial charge on any atom is 0.233 e. The number of carbonyl (C=O) groups excluding carboxylic acids is 1. The summed E-state index contributed by atoms with van der Waals surface area (Å²) in [5.74, 6) is 0.0448. The lowest BCUT2D eigenvalue weighted by molar-refractivity contribution is -0.132. The molecule has 1 aromatic rings. The maximum absolute atomic E-state index is 13.7. The summed E-state index contributed by atoms with van der Waals surface area (Å²) in [7, 11) is 0. The molecule has 0 aromatic heterocycles. The minimum Gasteiger partial charge on any atom is -0.399 e. The number of thioether (sulfide) groups is 1. The fraction of sp³-hybridized carbons (Fsp3) is 0.533. The molecule has 0 saturated carbocycles. The number of amides is 1. The first-order valence-corrected chi connectivity index (χ1v) is 8.07. The van der Waals surface area contributed by atoms with Gasteiger partial charge in [-0.1, -0.05) is 6.92 Å². The maximum atomic E-state index is 13.7. The van der Waals surface area contributed by atoms with Crippen molar-refractivity contribution in [1.82, 2.24) is 4.90 Å². The number of anilines is 1. The third-order valence-corrected chi connectivity index (χ3v) is 4.76. The SMILES string of the molecule is CCC1CCCCN1C(=O)CSc1ccc(N)cc1F. The van der Waals surface area contributed by atoms with Crippen molar-refractivity contribution in [2.45, 2.75) is 43.5 Å². The normalized spacial score (nSPS) is 19.1. The van der Waals surface area contributed by atoms with Gasteiger partial charge in [-0.2, -0.15) is 0 Å². The van der Waals surface area contributed by atoms with Crippen LogP contribution in [0, 0.1) is 5.82 Å². The van der Waals surface area contributed by atoms with Crippen molar-refractivity contribution in [3.05, 3.63) is 24.0 Å². The van der Waals surface area contributed by atoms with Gasteiger partial charge in [0.05, 0.1) is 5.75 Å². The molecule has 2 rings (SSSR count). The third-order valence-electron chi connectivity index (χ3n) is 3.73. The molecule has 1 amide bonds. The summed E-state index contributed by atoms with van der Waals surface area (Å²) in [6, 6.07) is 4.94. The molecule has 5 heteroatoms. The molecule has 3 nitrogen and oxygen atoms in total. The second kappa shape index (κ2) is 6.97. The highest BCUT2D eigenvalue weighted by Gasteiger charge is 2.25. The van der Waals surface area contributed by atoms with Gasteiger partial charge in [-0.15, -0.1) is 11.8 Å². The van der Waals surface area contributed by atoms with Crippen LogP contribution >= 0.6 is 11.8 Å². The molecule has 1 aromatic carbocycles. The summed E-state index contributed by atoms with van der Waals surface area (Å²) in [5, 5.41) is 0. The number of nitrogens with two attached hydrogens (primary N) is 1. The number of rotatable bonds is 4. The second-order valence-corrected chi connectivity index (χ2v) is 6.14. The van der Waals surface area contributed by atoms with Crippen molar-refractivity contribution in [2.24, 2.45) is 0 Å². The van der Waals surface area contributed by atoms with Crippen LogP contribution in [0.5, 0.6) is 0 Å². The molecule has 0 bridgehead atoms. The second-order valence-electron chi connectivity index (χ2n) is 5.12. The van der Waals surface area contributed by atoms with E-state index in [4.69, 9.17) is 5.73 Å². The highest BCUT2D eigenvalue weighted by molar-refractivity contribution is 8.00. The van der Waals surface area contributed by atoms with E-state index in [2.05, 4.69) is 6.92 Å². The number of likely N-dealkylation sites (tertiary alicyclic amines) is 1.